The molecule has 1 amide bonds. The smallest absolute Gasteiger partial charge is 0.251 e. The zero-order valence-corrected chi connectivity index (χ0v) is 12.4. The van der Waals surface area contributed by atoms with E-state index in [9.17, 15) is 14.1 Å². The van der Waals surface area contributed by atoms with Gasteiger partial charge in [-0.15, -0.1) is 0 Å². The number of carbonyl (C=O) groups excluding carboxylic acids is 1. The van der Waals surface area contributed by atoms with Gasteiger partial charge in [0.05, 0.1) is 3.57 Å². The molecule has 1 rings (SSSR count). The van der Waals surface area contributed by atoms with Crippen LogP contribution in [-0.2, 0) is 10.8 Å². The van der Waals surface area contributed by atoms with Crippen LogP contribution in [0.4, 0.5) is 0 Å². The maximum atomic E-state index is 11.7. The Bertz CT molecular complexity index is 437. The number of phenols is 1. The fourth-order valence-corrected chi connectivity index (χ4v) is 2.13. The fraction of sp³-hybridized carbons (Fsp3) is 0.364. The molecule has 0 aliphatic heterocycles. The molecule has 0 heterocycles. The van der Waals surface area contributed by atoms with Gasteiger partial charge in [-0.3, -0.25) is 9.00 Å². The minimum atomic E-state index is -0.873. The minimum absolute atomic E-state index is 0.0929. The van der Waals surface area contributed by atoms with Crippen LogP contribution >= 0.6 is 22.6 Å². The quantitative estimate of drug-likeness (QED) is 0.776. The number of nitrogens with one attached hydrogen (secondary N) is 1. The van der Waals surface area contributed by atoms with Crippen LogP contribution in [-0.4, -0.2) is 33.3 Å². The van der Waals surface area contributed by atoms with Crippen LogP contribution in [0.25, 0.3) is 0 Å². The summed E-state index contributed by atoms with van der Waals surface area (Å²) in [5.74, 6) is 0.888. The summed E-state index contributed by atoms with van der Waals surface area (Å²) in [6.45, 7) is 2.22. The Morgan fingerprint density at radius 3 is 2.82 bits per heavy atom. The summed E-state index contributed by atoms with van der Waals surface area (Å²) in [7, 11) is -0.873. The molecular formula is C11H14INO3S. The van der Waals surface area contributed by atoms with E-state index in [0.717, 1.165) is 0 Å². The first-order chi connectivity index (χ1) is 8.04. The summed E-state index contributed by atoms with van der Waals surface area (Å²) in [4.78, 5) is 11.7. The predicted molar refractivity (Wildman–Crippen MR) is 76.7 cm³/mol. The second-order valence-electron chi connectivity index (χ2n) is 3.35. The Morgan fingerprint density at radius 2 is 2.24 bits per heavy atom. The van der Waals surface area contributed by atoms with Crippen molar-refractivity contribution in [3.8, 4) is 5.75 Å². The van der Waals surface area contributed by atoms with Crippen LogP contribution < -0.4 is 5.32 Å². The fourth-order valence-electron chi connectivity index (χ4n) is 1.18. The standard InChI is InChI=1S/C11H14INO3S/c1-2-17(16)6-5-13-11(15)8-3-4-9(12)10(14)7-8/h3-4,7,14H,2,5-6H2,1H3,(H,13,15). The molecule has 0 saturated carbocycles. The predicted octanol–water partition coefficient (Wildman–Crippen LogP) is 1.50. The second kappa shape index (κ2) is 6.95. The van der Waals surface area contributed by atoms with Crippen LogP contribution in [0.1, 0.15) is 17.3 Å². The highest BCUT2D eigenvalue weighted by atomic mass is 127. The number of halogens is 1. The number of hydrogen-bond donors (Lipinski definition) is 2. The van der Waals surface area contributed by atoms with Gasteiger partial charge in [0, 0.05) is 34.4 Å². The molecule has 17 heavy (non-hydrogen) atoms. The molecule has 2 N–H and O–H groups in total. The highest BCUT2D eigenvalue weighted by Gasteiger charge is 2.07. The van der Waals surface area contributed by atoms with Gasteiger partial charge in [-0.1, -0.05) is 6.92 Å². The van der Waals surface area contributed by atoms with Gasteiger partial charge in [-0.2, -0.15) is 0 Å². The van der Waals surface area contributed by atoms with E-state index < -0.39 is 10.8 Å². The van der Waals surface area contributed by atoms with Gasteiger partial charge >= 0.3 is 0 Å². The molecule has 1 aromatic carbocycles. The zero-order valence-electron chi connectivity index (χ0n) is 9.40. The monoisotopic (exact) mass is 367 g/mol. The lowest BCUT2D eigenvalue weighted by Crippen LogP contribution is -2.27. The number of benzene rings is 1. The van der Waals surface area contributed by atoms with Crippen molar-refractivity contribution in [1.29, 1.82) is 0 Å². The average molecular weight is 367 g/mol. The summed E-state index contributed by atoms with van der Waals surface area (Å²) in [5.41, 5.74) is 0.408. The van der Waals surface area contributed by atoms with Crippen LogP contribution in [0.15, 0.2) is 18.2 Å². The Balaban J connectivity index is 2.52. The van der Waals surface area contributed by atoms with Gasteiger partial charge in [0.25, 0.3) is 5.91 Å². The summed E-state index contributed by atoms with van der Waals surface area (Å²) < 4.78 is 11.8. The van der Waals surface area contributed by atoms with Crippen molar-refractivity contribution in [2.75, 3.05) is 18.1 Å². The molecule has 0 spiro atoms. The largest absolute Gasteiger partial charge is 0.507 e. The Labute approximate surface area is 116 Å². The molecule has 0 aliphatic carbocycles. The first-order valence-electron chi connectivity index (χ1n) is 5.16. The zero-order chi connectivity index (χ0) is 12.8. The second-order valence-corrected chi connectivity index (χ2v) is 6.38. The van der Waals surface area contributed by atoms with Crippen molar-refractivity contribution in [3.63, 3.8) is 0 Å². The van der Waals surface area contributed by atoms with Crippen molar-refractivity contribution in [3.05, 3.63) is 27.3 Å². The lowest BCUT2D eigenvalue weighted by Gasteiger charge is -2.05. The summed E-state index contributed by atoms with van der Waals surface area (Å²) >= 11 is 1.98. The van der Waals surface area contributed by atoms with Crippen LogP contribution in [0, 0.1) is 3.57 Å². The van der Waals surface area contributed by atoms with Crippen molar-refractivity contribution < 1.29 is 14.1 Å². The molecule has 0 saturated heterocycles. The summed E-state index contributed by atoms with van der Waals surface area (Å²) in [6.07, 6.45) is 0. The molecule has 0 radical (unpaired) electrons. The molecule has 6 heteroatoms. The number of rotatable bonds is 5. The molecular weight excluding hydrogens is 353 g/mol. The maximum Gasteiger partial charge on any atom is 0.251 e. The first kappa shape index (κ1) is 14.4. The SMILES string of the molecule is CCS(=O)CCNC(=O)c1ccc(I)c(O)c1. The van der Waals surface area contributed by atoms with Crippen molar-refractivity contribution >= 4 is 39.3 Å². The topological polar surface area (TPSA) is 66.4 Å². The van der Waals surface area contributed by atoms with Crippen molar-refractivity contribution in [2.24, 2.45) is 0 Å². The van der Waals surface area contributed by atoms with Gasteiger partial charge in [0.2, 0.25) is 0 Å². The summed E-state index contributed by atoms with van der Waals surface area (Å²) in [5, 5.41) is 12.1. The van der Waals surface area contributed by atoms with Gasteiger partial charge in [-0.05, 0) is 40.8 Å². The van der Waals surface area contributed by atoms with E-state index in [0.29, 0.717) is 27.2 Å². The van der Waals surface area contributed by atoms with Crippen molar-refractivity contribution in [1.82, 2.24) is 5.32 Å². The molecule has 1 unspecified atom stereocenters. The molecule has 0 aliphatic rings. The van der Waals surface area contributed by atoms with Crippen molar-refractivity contribution in [2.45, 2.75) is 6.92 Å². The minimum Gasteiger partial charge on any atom is -0.507 e. The van der Waals surface area contributed by atoms with Gasteiger partial charge in [0.1, 0.15) is 5.75 Å². The third-order valence-electron chi connectivity index (χ3n) is 2.15. The average Bonchev–Trinajstić information content (AvgIpc) is 2.32. The van der Waals surface area contributed by atoms with Crippen LogP contribution in [0.3, 0.4) is 0 Å². The van der Waals surface area contributed by atoms with Gasteiger partial charge < -0.3 is 10.4 Å². The number of amides is 1. The normalized spacial score (nSPS) is 12.1. The van der Waals surface area contributed by atoms with E-state index in [1.165, 1.54) is 6.07 Å². The Morgan fingerprint density at radius 1 is 1.53 bits per heavy atom. The maximum absolute atomic E-state index is 11.7. The molecule has 1 atom stereocenters. The van der Waals surface area contributed by atoms with Gasteiger partial charge in [0.15, 0.2) is 0 Å². The third-order valence-corrected chi connectivity index (χ3v) is 4.36. The number of phenolic OH excluding ortho intramolecular Hbond substituents is 1. The van der Waals surface area contributed by atoms with E-state index in [1.54, 1.807) is 12.1 Å². The Kier molecular flexibility index (Phi) is 5.90. The van der Waals surface area contributed by atoms with Crippen LogP contribution in [0.5, 0.6) is 5.75 Å². The molecule has 94 valence electrons. The Hall–Kier alpha value is -0.630. The molecule has 0 bridgehead atoms. The first-order valence-corrected chi connectivity index (χ1v) is 7.73. The van der Waals surface area contributed by atoms with Gasteiger partial charge in [-0.25, -0.2) is 0 Å². The van der Waals surface area contributed by atoms with E-state index in [-0.39, 0.29) is 11.7 Å². The van der Waals surface area contributed by atoms with E-state index in [1.807, 2.05) is 29.5 Å². The lowest BCUT2D eigenvalue weighted by atomic mass is 10.2. The summed E-state index contributed by atoms with van der Waals surface area (Å²) in [6, 6.07) is 4.75. The molecule has 1 aromatic rings. The van der Waals surface area contributed by atoms with E-state index >= 15 is 0 Å². The van der Waals surface area contributed by atoms with E-state index in [2.05, 4.69) is 5.32 Å². The molecule has 4 nitrogen and oxygen atoms in total. The van der Waals surface area contributed by atoms with Crippen LogP contribution in [0.2, 0.25) is 0 Å². The lowest BCUT2D eigenvalue weighted by molar-refractivity contribution is 0.0955. The highest BCUT2D eigenvalue weighted by Crippen LogP contribution is 2.20. The number of hydrogen-bond acceptors (Lipinski definition) is 3. The number of carbonyl (C=O) groups is 1. The highest BCUT2D eigenvalue weighted by molar-refractivity contribution is 14.1. The molecule has 0 aromatic heterocycles. The molecule has 0 fully saturated rings. The number of aromatic hydroxyl groups is 1. The van der Waals surface area contributed by atoms with E-state index in [4.69, 9.17) is 0 Å². The third kappa shape index (κ3) is 4.63.